The molecule has 6 N–H and O–H groups in total. The summed E-state index contributed by atoms with van der Waals surface area (Å²) in [5, 5.41) is 36.1. The molecular weight excluding hydrogens is 206 g/mol. The van der Waals surface area contributed by atoms with Gasteiger partial charge in [-0.1, -0.05) is 0 Å². The molecule has 0 saturated heterocycles. The molecule has 7 nitrogen and oxygen atoms in total. The largest absolute Gasteiger partial charge is 0.394 e. The van der Waals surface area contributed by atoms with Crippen LogP contribution in [-0.2, 0) is 9.59 Å². The number of aliphatic hydroxyl groups is 4. The van der Waals surface area contributed by atoms with E-state index in [1.165, 1.54) is 0 Å². The van der Waals surface area contributed by atoms with Crippen LogP contribution in [0.3, 0.4) is 0 Å². The van der Waals surface area contributed by atoms with Crippen LogP contribution in [0.5, 0.6) is 0 Å². The second-order valence-electron chi connectivity index (χ2n) is 3.22. The number of hydrogen-bond donors (Lipinski definition) is 5. The van der Waals surface area contributed by atoms with Crippen LogP contribution >= 0.6 is 0 Å². The maximum absolute atomic E-state index is 10.9. The lowest BCUT2D eigenvalue weighted by molar-refractivity contribution is -0.145. The van der Waals surface area contributed by atoms with E-state index >= 15 is 0 Å². The van der Waals surface area contributed by atoms with Gasteiger partial charge in [0.2, 0.25) is 5.91 Å². The lowest BCUT2D eigenvalue weighted by Gasteiger charge is -2.25. The molecule has 0 aromatic carbocycles. The lowest BCUT2D eigenvalue weighted by Crippen LogP contribution is -2.49. The molecule has 0 rings (SSSR count). The average Bonchev–Trinajstić information content (AvgIpc) is 2.14. The van der Waals surface area contributed by atoms with E-state index in [0.717, 1.165) is 6.92 Å². The summed E-state index contributed by atoms with van der Waals surface area (Å²) in [5.41, 5.74) is 4.84. The molecule has 0 spiro atoms. The zero-order chi connectivity index (χ0) is 12.2. The van der Waals surface area contributed by atoms with Crippen LogP contribution < -0.4 is 5.73 Å². The summed E-state index contributed by atoms with van der Waals surface area (Å²) in [4.78, 5) is 21.7. The SMILES string of the molecule is CC(=O)[C@H](C(N)=O)[C@@H](O)[C@H](O)[C@H](O)CO. The molecular formula is C8H15NO6. The van der Waals surface area contributed by atoms with Crippen LogP contribution in [0.2, 0.25) is 0 Å². The van der Waals surface area contributed by atoms with Crippen LogP contribution in [0.25, 0.3) is 0 Å². The number of carbonyl (C=O) groups excluding carboxylic acids is 2. The molecule has 0 aliphatic rings. The van der Waals surface area contributed by atoms with Gasteiger partial charge in [0, 0.05) is 0 Å². The monoisotopic (exact) mass is 221 g/mol. The minimum Gasteiger partial charge on any atom is -0.394 e. The number of rotatable bonds is 6. The number of aliphatic hydroxyl groups excluding tert-OH is 4. The van der Waals surface area contributed by atoms with Crippen molar-refractivity contribution in [2.45, 2.75) is 25.2 Å². The van der Waals surface area contributed by atoms with E-state index in [4.69, 9.17) is 15.9 Å². The molecule has 0 aromatic heterocycles. The van der Waals surface area contributed by atoms with E-state index in [0.29, 0.717) is 0 Å². The molecule has 0 aliphatic heterocycles. The Hall–Kier alpha value is -1.02. The lowest BCUT2D eigenvalue weighted by atomic mass is 9.91. The number of ketones is 1. The summed E-state index contributed by atoms with van der Waals surface area (Å²) in [6.07, 6.45) is -5.28. The second-order valence-corrected chi connectivity index (χ2v) is 3.22. The van der Waals surface area contributed by atoms with Gasteiger partial charge in [0.1, 0.15) is 30.0 Å². The van der Waals surface area contributed by atoms with Gasteiger partial charge in [-0.3, -0.25) is 9.59 Å². The van der Waals surface area contributed by atoms with E-state index in [-0.39, 0.29) is 0 Å². The molecule has 0 unspecified atom stereocenters. The second kappa shape index (κ2) is 5.76. The van der Waals surface area contributed by atoms with Crippen molar-refractivity contribution < 1.29 is 30.0 Å². The van der Waals surface area contributed by atoms with Crippen LogP contribution in [0.1, 0.15) is 6.92 Å². The Kier molecular flexibility index (Phi) is 5.37. The third-order valence-electron chi connectivity index (χ3n) is 2.02. The highest BCUT2D eigenvalue weighted by atomic mass is 16.4. The van der Waals surface area contributed by atoms with E-state index in [2.05, 4.69) is 0 Å². The zero-order valence-corrected chi connectivity index (χ0v) is 8.20. The Bertz CT molecular complexity index is 229. The van der Waals surface area contributed by atoms with Crippen molar-refractivity contribution in [3.63, 3.8) is 0 Å². The minimum atomic E-state index is -1.83. The number of nitrogens with two attached hydrogens (primary N) is 1. The molecule has 4 atom stereocenters. The average molecular weight is 221 g/mol. The van der Waals surface area contributed by atoms with Gasteiger partial charge in [-0.15, -0.1) is 0 Å². The fourth-order valence-corrected chi connectivity index (χ4v) is 1.14. The highest BCUT2D eigenvalue weighted by Crippen LogP contribution is 2.12. The highest BCUT2D eigenvalue weighted by Gasteiger charge is 2.37. The molecule has 0 aliphatic carbocycles. The Labute approximate surface area is 86.1 Å². The predicted octanol–water partition coefficient (Wildman–Crippen LogP) is -3.25. The standard InChI is InChI=1S/C8H15NO6/c1-3(11)5(8(9)15)7(14)6(13)4(12)2-10/h4-7,10,12-14H,2H2,1H3,(H2,9,15)/t4-,5+,6-,7-/m1/s1. The Balaban J connectivity index is 4.70. The minimum absolute atomic E-state index is 0.723. The zero-order valence-electron chi connectivity index (χ0n) is 8.20. The first-order chi connectivity index (χ1) is 6.82. The first-order valence-corrected chi connectivity index (χ1v) is 4.27. The van der Waals surface area contributed by atoms with Gasteiger partial charge in [-0.2, -0.15) is 0 Å². The molecule has 0 bridgehead atoms. The predicted molar refractivity (Wildman–Crippen MR) is 48.5 cm³/mol. The number of hydrogen-bond acceptors (Lipinski definition) is 6. The molecule has 0 aromatic rings. The quantitative estimate of drug-likeness (QED) is 0.298. The van der Waals surface area contributed by atoms with Crippen LogP contribution in [-0.4, -0.2) is 57.0 Å². The summed E-state index contributed by atoms with van der Waals surface area (Å²) in [6.45, 7) is 0.221. The van der Waals surface area contributed by atoms with Crippen molar-refractivity contribution in [3.05, 3.63) is 0 Å². The van der Waals surface area contributed by atoms with Gasteiger partial charge in [0.15, 0.2) is 0 Å². The van der Waals surface area contributed by atoms with Gasteiger partial charge in [0.25, 0.3) is 0 Å². The van der Waals surface area contributed by atoms with Crippen LogP contribution in [0, 0.1) is 5.92 Å². The van der Waals surface area contributed by atoms with Gasteiger partial charge in [0.05, 0.1) is 6.61 Å². The fraction of sp³-hybridized carbons (Fsp3) is 0.750. The van der Waals surface area contributed by atoms with E-state index in [9.17, 15) is 19.8 Å². The Morgan fingerprint density at radius 1 is 1.20 bits per heavy atom. The molecule has 88 valence electrons. The Morgan fingerprint density at radius 2 is 1.67 bits per heavy atom. The molecule has 0 saturated carbocycles. The Morgan fingerprint density at radius 3 is 1.93 bits per heavy atom. The molecule has 1 amide bonds. The molecule has 7 heteroatoms. The highest BCUT2D eigenvalue weighted by molar-refractivity contribution is 6.00. The number of Topliss-reactive ketones (excluding diaryl/α,β-unsaturated/α-hetero) is 1. The van der Waals surface area contributed by atoms with Crippen molar-refractivity contribution in [2.24, 2.45) is 11.7 Å². The van der Waals surface area contributed by atoms with Crippen molar-refractivity contribution in [1.29, 1.82) is 0 Å². The summed E-state index contributed by atoms with van der Waals surface area (Å²) >= 11 is 0. The molecule has 0 radical (unpaired) electrons. The number of carbonyl (C=O) groups is 2. The molecule has 0 heterocycles. The van der Waals surface area contributed by atoms with E-state index in [1.54, 1.807) is 0 Å². The van der Waals surface area contributed by atoms with E-state index < -0.39 is 42.5 Å². The first-order valence-electron chi connectivity index (χ1n) is 4.27. The first kappa shape index (κ1) is 14.0. The smallest absolute Gasteiger partial charge is 0.230 e. The number of amides is 1. The maximum Gasteiger partial charge on any atom is 0.230 e. The topological polar surface area (TPSA) is 141 Å². The molecule has 15 heavy (non-hydrogen) atoms. The van der Waals surface area contributed by atoms with Crippen molar-refractivity contribution >= 4 is 11.7 Å². The fourth-order valence-electron chi connectivity index (χ4n) is 1.14. The molecule has 0 fully saturated rings. The third-order valence-corrected chi connectivity index (χ3v) is 2.02. The third kappa shape index (κ3) is 3.56. The number of primary amides is 1. The summed E-state index contributed by atoms with van der Waals surface area (Å²) < 4.78 is 0. The van der Waals surface area contributed by atoms with Crippen LogP contribution in [0.4, 0.5) is 0 Å². The summed E-state index contributed by atoms with van der Waals surface area (Å²) in [5.74, 6) is -3.42. The summed E-state index contributed by atoms with van der Waals surface area (Å²) in [6, 6.07) is 0. The van der Waals surface area contributed by atoms with Crippen molar-refractivity contribution in [2.75, 3.05) is 6.61 Å². The van der Waals surface area contributed by atoms with Gasteiger partial charge >= 0.3 is 0 Å². The van der Waals surface area contributed by atoms with Gasteiger partial charge < -0.3 is 26.2 Å². The van der Waals surface area contributed by atoms with Crippen LogP contribution in [0.15, 0.2) is 0 Å². The van der Waals surface area contributed by atoms with E-state index in [1.807, 2.05) is 0 Å². The normalized spacial score (nSPS) is 19.0. The summed E-state index contributed by atoms with van der Waals surface area (Å²) in [7, 11) is 0. The van der Waals surface area contributed by atoms with Crippen molar-refractivity contribution in [3.8, 4) is 0 Å². The van der Waals surface area contributed by atoms with Crippen molar-refractivity contribution in [1.82, 2.24) is 0 Å². The van der Waals surface area contributed by atoms with Gasteiger partial charge in [-0.05, 0) is 6.92 Å². The maximum atomic E-state index is 10.9. The van der Waals surface area contributed by atoms with Gasteiger partial charge in [-0.25, -0.2) is 0 Å².